The number of amides is 1. The van der Waals surface area contributed by atoms with Gasteiger partial charge in [0.25, 0.3) is 11.5 Å². The highest BCUT2D eigenvalue weighted by Crippen LogP contribution is 2.10. The Hall–Kier alpha value is -1.73. The number of carbonyl (C=O) groups excluding carboxylic acids is 1. The lowest BCUT2D eigenvalue weighted by atomic mass is 10.3. The highest BCUT2D eigenvalue weighted by Gasteiger charge is 2.14. The number of thiazole rings is 1. The number of aromatic nitrogens is 2. The number of ether oxygens (including phenoxy) is 1. The van der Waals surface area contributed by atoms with E-state index in [1.165, 1.54) is 21.9 Å². The van der Waals surface area contributed by atoms with Gasteiger partial charge in [0.2, 0.25) is 0 Å². The van der Waals surface area contributed by atoms with Crippen LogP contribution in [0.3, 0.4) is 0 Å². The molecule has 0 spiro atoms. The Balaban J connectivity index is 2.08. The zero-order valence-electron chi connectivity index (χ0n) is 11.5. The predicted octanol–water partition coefficient (Wildman–Crippen LogP) is 1.22. The van der Waals surface area contributed by atoms with Gasteiger partial charge >= 0.3 is 0 Å². The van der Waals surface area contributed by atoms with E-state index in [1.54, 1.807) is 0 Å². The molecule has 0 fully saturated rings. The van der Waals surface area contributed by atoms with Crippen molar-refractivity contribution < 1.29 is 9.53 Å². The first kappa shape index (κ1) is 14.7. The van der Waals surface area contributed by atoms with Crippen molar-refractivity contribution in [1.29, 1.82) is 0 Å². The van der Waals surface area contributed by atoms with E-state index in [0.29, 0.717) is 31.1 Å². The van der Waals surface area contributed by atoms with Crippen LogP contribution < -0.4 is 10.9 Å². The number of nitrogens with one attached hydrogen (secondary N) is 1. The van der Waals surface area contributed by atoms with Gasteiger partial charge in [0.05, 0.1) is 0 Å². The van der Waals surface area contributed by atoms with Crippen molar-refractivity contribution in [3.63, 3.8) is 0 Å². The number of aryl methyl sites for hydroxylation is 1. The number of carbonyl (C=O) groups is 1. The molecule has 1 N–H and O–H groups in total. The van der Waals surface area contributed by atoms with Gasteiger partial charge in [0, 0.05) is 37.0 Å². The van der Waals surface area contributed by atoms with Crippen molar-refractivity contribution in [2.75, 3.05) is 19.8 Å². The fourth-order valence-corrected chi connectivity index (χ4v) is 2.62. The van der Waals surface area contributed by atoms with E-state index in [4.69, 9.17) is 4.74 Å². The molecule has 0 unspecified atom stereocenters. The summed E-state index contributed by atoms with van der Waals surface area (Å²) in [5.41, 5.74) is 0.532. The maximum atomic E-state index is 12.2. The Morgan fingerprint density at radius 1 is 1.55 bits per heavy atom. The van der Waals surface area contributed by atoms with Crippen LogP contribution in [0.5, 0.6) is 0 Å². The molecule has 6 nitrogen and oxygen atoms in total. The Bertz CT molecular complexity index is 662. The van der Waals surface area contributed by atoms with E-state index in [2.05, 4.69) is 10.3 Å². The Morgan fingerprint density at radius 2 is 2.35 bits per heavy atom. The van der Waals surface area contributed by atoms with Crippen LogP contribution in [0.2, 0.25) is 0 Å². The third-order valence-corrected chi connectivity index (χ3v) is 3.77. The molecule has 7 heteroatoms. The fraction of sp³-hybridized carbons (Fsp3) is 0.462. The second-order valence-electron chi connectivity index (χ2n) is 4.28. The van der Waals surface area contributed by atoms with Crippen LogP contribution in [0, 0.1) is 6.92 Å². The van der Waals surface area contributed by atoms with E-state index in [-0.39, 0.29) is 17.0 Å². The Labute approximate surface area is 120 Å². The average Bonchev–Trinajstić information content (AvgIpc) is 2.81. The van der Waals surface area contributed by atoms with Crippen LogP contribution in [0.25, 0.3) is 4.96 Å². The molecular formula is C13H17N3O3S. The van der Waals surface area contributed by atoms with Crippen molar-refractivity contribution >= 4 is 22.2 Å². The summed E-state index contributed by atoms with van der Waals surface area (Å²) in [4.78, 5) is 28.9. The SMILES string of the molecule is CCOCCCNC(=O)c1cnc2scc(C)n2c1=O. The van der Waals surface area contributed by atoms with Crippen LogP contribution in [0.4, 0.5) is 0 Å². The first-order valence-corrected chi connectivity index (χ1v) is 7.35. The van der Waals surface area contributed by atoms with Crippen LogP contribution in [0.15, 0.2) is 16.4 Å². The number of hydrogen-bond acceptors (Lipinski definition) is 5. The van der Waals surface area contributed by atoms with E-state index in [1.807, 2.05) is 19.2 Å². The average molecular weight is 295 g/mol. The van der Waals surface area contributed by atoms with Gasteiger partial charge in [-0.1, -0.05) is 0 Å². The highest BCUT2D eigenvalue weighted by atomic mass is 32.1. The molecule has 0 bridgehead atoms. The summed E-state index contributed by atoms with van der Waals surface area (Å²) in [5, 5.41) is 4.55. The lowest BCUT2D eigenvalue weighted by molar-refractivity contribution is 0.0942. The highest BCUT2D eigenvalue weighted by molar-refractivity contribution is 7.15. The number of hydrogen-bond donors (Lipinski definition) is 1. The first-order valence-electron chi connectivity index (χ1n) is 6.47. The molecule has 2 aromatic heterocycles. The molecule has 108 valence electrons. The third kappa shape index (κ3) is 3.05. The maximum absolute atomic E-state index is 12.2. The molecule has 0 aliphatic carbocycles. The maximum Gasteiger partial charge on any atom is 0.271 e. The van der Waals surface area contributed by atoms with Gasteiger partial charge in [-0.2, -0.15) is 0 Å². The minimum atomic E-state index is -0.390. The molecule has 0 saturated heterocycles. The van der Waals surface area contributed by atoms with E-state index in [0.717, 1.165) is 5.69 Å². The molecule has 20 heavy (non-hydrogen) atoms. The van der Waals surface area contributed by atoms with Crippen molar-refractivity contribution in [2.45, 2.75) is 20.3 Å². The van der Waals surface area contributed by atoms with Gasteiger partial charge in [-0.25, -0.2) is 4.98 Å². The van der Waals surface area contributed by atoms with Crippen molar-refractivity contribution in [2.24, 2.45) is 0 Å². The zero-order valence-corrected chi connectivity index (χ0v) is 12.3. The lowest BCUT2D eigenvalue weighted by Gasteiger charge is -2.05. The molecule has 2 heterocycles. The van der Waals surface area contributed by atoms with Crippen molar-refractivity contribution in [3.8, 4) is 0 Å². The predicted molar refractivity (Wildman–Crippen MR) is 77.5 cm³/mol. The van der Waals surface area contributed by atoms with Gasteiger partial charge in [0.1, 0.15) is 5.56 Å². The Morgan fingerprint density at radius 3 is 3.10 bits per heavy atom. The monoisotopic (exact) mass is 295 g/mol. The van der Waals surface area contributed by atoms with E-state index >= 15 is 0 Å². The van der Waals surface area contributed by atoms with Gasteiger partial charge in [-0.3, -0.25) is 14.0 Å². The quantitative estimate of drug-likeness (QED) is 0.813. The molecule has 0 atom stereocenters. The molecule has 1 amide bonds. The zero-order chi connectivity index (χ0) is 14.5. The minimum absolute atomic E-state index is 0.0698. The Kier molecular flexibility index (Phi) is 4.86. The van der Waals surface area contributed by atoms with E-state index in [9.17, 15) is 9.59 Å². The lowest BCUT2D eigenvalue weighted by Crippen LogP contribution is -2.32. The molecule has 0 radical (unpaired) electrons. The normalized spacial score (nSPS) is 10.9. The van der Waals surface area contributed by atoms with Crippen molar-refractivity contribution in [3.05, 3.63) is 33.2 Å². The number of nitrogens with zero attached hydrogens (tertiary/aromatic N) is 2. The van der Waals surface area contributed by atoms with Gasteiger partial charge in [-0.15, -0.1) is 11.3 Å². The molecule has 0 aliphatic rings. The molecule has 0 aromatic carbocycles. The third-order valence-electron chi connectivity index (χ3n) is 2.82. The summed E-state index contributed by atoms with van der Waals surface area (Å²) < 4.78 is 6.64. The molecule has 0 saturated carbocycles. The second kappa shape index (κ2) is 6.62. The molecule has 2 aromatic rings. The largest absolute Gasteiger partial charge is 0.382 e. The summed E-state index contributed by atoms with van der Waals surface area (Å²) in [6, 6.07) is 0. The van der Waals surface area contributed by atoms with Gasteiger partial charge in [-0.05, 0) is 20.3 Å². The van der Waals surface area contributed by atoms with Crippen LogP contribution in [-0.2, 0) is 4.74 Å². The molecular weight excluding hydrogens is 278 g/mol. The van der Waals surface area contributed by atoms with Gasteiger partial charge < -0.3 is 10.1 Å². The van der Waals surface area contributed by atoms with E-state index < -0.39 is 0 Å². The summed E-state index contributed by atoms with van der Waals surface area (Å²) in [5.74, 6) is -0.390. The minimum Gasteiger partial charge on any atom is -0.382 e. The topological polar surface area (TPSA) is 72.7 Å². The molecule has 2 rings (SSSR count). The van der Waals surface area contributed by atoms with Crippen LogP contribution in [0.1, 0.15) is 29.4 Å². The number of fused-ring (bicyclic) bond motifs is 1. The standard InChI is InChI=1S/C13H17N3O3S/c1-3-19-6-4-5-14-11(17)10-7-15-13-16(12(10)18)9(2)8-20-13/h7-8H,3-6H2,1-2H3,(H,14,17). The van der Waals surface area contributed by atoms with Crippen molar-refractivity contribution in [1.82, 2.24) is 14.7 Å². The summed E-state index contributed by atoms with van der Waals surface area (Å²) in [6.45, 7) is 5.47. The van der Waals surface area contributed by atoms with Crippen LogP contribution in [-0.4, -0.2) is 35.1 Å². The molecule has 0 aliphatic heterocycles. The second-order valence-corrected chi connectivity index (χ2v) is 5.12. The smallest absolute Gasteiger partial charge is 0.271 e. The fourth-order valence-electron chi connectivity index (χ4n) is 1.80. The van der Waals surface area contributed by atoms with Gasteiger partial charge in [0.15, 0.2) is 4.96 Å². The first-order chi connectivity index (χ1) is 9.65. The summed E-state index contributed by atoms with van der Waals surface area (Å²) in [6.07, 6.45) is 2.06. The summed E-state index contributed by atoms with van der Waals surface area (Å²) in [7, 11) is 0. The number of rotatable bonds is 6. The summed E-state index contributed by atoms with van der Waals surface area (Å²) >= 11 is 1.38. The van der Waals surface area contributed by atoms with Crippen LogP contribution >= 0.6 is 11.3 Å².